The summed E-state index contributed by atoms with van der Waals surface area (Å²) >= 11 is 0. The summed E-state index contributed by atoms with van der Waals surface area (Å²) in [5, 5.41) is 12.1. The van der Waals surface area contributed by atoms with Crippen molar-refractivity contribution in [3.8, 4) is 11.4 Å². The van der Waals surface area contributed by atoms with Crippen LogP contribution in [0, 0.1) is 6.92 Å². The number of aryl methyl sites for hydroxylation is 1. The monoisotopic (exact) mass is 259 g/mol. The van der Waals surface area contributed by atoms with Crippen molar-refractivity contribution < 1.29 is 4.74 Å². The van der Waals surface area contributed by atoms with Crippen LogP contribution in [-0.4, -0.2) is 32.9 Å². The first-order valence-electron chi connectivity index (χ1n) is 6.43. The molecule has 2 atom stereocenters. The van der Waals surface area contributed by atoms with Gasteiger partial charge in [0.05, 0.1) is 12.1 Å². The average molecular weight is 259 g/mol. The van der Waals surface area contributed by atoms with Crippen LogP contribution in [0.5, 0.6) is 0 Å². The van der Waals surface area contributed by atoms with Gasteiger partial charge in [0.2, 0.25) is 0 Å². The lowest BCUT2D eigenvalue weighted by Gasteiger charge is -2.17. The SMILES string of the molecule is Cc1cccc(N)c1-c1nnnn1C1CCOC1C. The summed E-state index contributed by atoms with van der Waals surface area (Å²) in [5.74, 6) is 0.720. The Morgan fingerprint density at radius 3 is 2.95 bits per heavy atom. The fourth-order valence-corrected chi connectivity index (χ4v) is 2.62. The molecule has 1 aromatic heterocycles. The number of ether oxygens (including phenoxy) is 1. The van der Waals surface area contributed by atoms with Crippen molar-refractivity contribution >= 4 is 5.69 Å². The molecule has 2 aromatic rings. The number of nitrogens with two attached hydrogens (primary N) is 1. The molecule has 0 bridgehead atoms. The topological polar surface area (TPSA) is 78.9 Å². The van der Waals surface area contributed by atoms with E-state index in [4.69, 9.17) is 10.5 Å². The van der Waals surface area contributed by atoms with Crippen LogP contribution >= 0.6 is 0 Å². The Hall–Kier alpha value is -1.95. The number of anilines is 1. The normalized spacial score (nSPS) is 22.8. The Morgan fingerprint density at radius 2 is 2.26 bits per heavy atom. The third-order valence-corrected chi connectivity index (χ3v) is 3.67. The quantitative estimate of drug-likeness (QED) is 0.828. The van der Waals surface area contributed by atoms with Gasteiger partial charge in [-0.25, -0.2) is 4.68 Å². The number of hydrogen-bond donors (Lipinski definition) is 1. The van der Waals surface area contributed by atoms with Gasteiger partial charge in [0.1, 0.15) is 0 Å². The van der Waals surface area contributed by atoms with Crippen molar-refractivity contribution in [2.75, 3.05) is 12.3 Å². The average Bonchev–Trinajstić information content (AvgIpc) is 2.97. The highest BCUT2D eigenvalue weighted by atomic mass is 16.5. The number of nitrogens with zero attached hydrogens (tertiary/aromatic N) is 4. The molecule has 2 unspecified atom stereocenters. The van der Waals surface area contributed by atoms with Gasteiger partial charge < -0.3 is 10.5 Å². The Labute approximate surface area is 111 Å². The minimum atomic E-state index is 0.118. The third kappa shape index (κ3) is 1.98. The molecule has 0 aliphatic carbocycles. The number of aromatic nitrogens is 4. The molecule has 6 heteroatoms. The molecule has 1 saturated heterocycles. The molecule has 19 heavy (non-hydrogen) atoms. The molecule has 0 amide bonds. The van der Waals surface area contributed by atoms with Gasteiger partial charge in [-0.2, -0.15) is 0 Å². The van der Waals surface area contributed by atoms with E-state index in [9.17, 15) is 0 Å². The molecule has 1 fully saturated rings. The van der Waals surface area contributed by atoms with Crippen molar-refractivity contribution in [3.63, 3.8) is 0 Å². The highest BCUT2D eigenvalue weighted by Gasteiger charge is 2.30. The Balaban J connectivity index is 2.10. The summed E-state index contributed by atoms with van der Waals surface area (Å²) in [7, 11) is 0. The molecule has 1 aliphatic rings. The maximum absolute atomic E-state index is 6.07. The van der Waals surface area contributed by atoms with E-state index in [0.717, 1.165) is 30.0 Å². The lowest BCUT2D eigenvalue weighted by Crippen LogP contribution is -2.19. The molecule has 1 aromatic carbocycles. The van der Waals surface area contributed by atoms with E-state index in [1.165, 1.54) is 0 Å². The number of tetrazole rings is 1. The number of nitrogen functional groups attached to an aromatic ring is 1. The zero-order chi connectivity index (χ0) is 13.4. The number of rotatable bonds is 2. The number of hydrogen-bond acceptors (Lipinski definition) is 5. The fourth-order valence-electron chi connectivity index (χ4n) is 2.62. The molecule has 100 valence electrons. The highest BCUT2D eigenvalue weighted by Crippen LogP contribution is 2.32. The van der Waals surface area contributed by atoms with Crippen LogP contribution in [-0.2, 0) is 4.74 Å². The second-order valence-electron chi connectivity index (χ2n) is 4.92. The summed E-state index contributed by atoms with van der Waals surface area (Å²) in [6.07, 6.45) is 1.04. The van der Waals surface area contributed by atoms with Gasteiger partial charge in [-0.3, -0.25) is 0 Å². The molecule has 6 nitrogen and oxygen atoms in total. The van der Waals surface area contributed by atoms with Gasteiger partial charge in [0.25, 0.3) is 0 Å². The lowest BCUT2D eigenvalue weighted by molar-refractivity contribution is 0.105. The summed E-state index contributed by atoms with van der Waals surface area (Å²) in [5.41, 5.74) is 8.75. The largest absolute Gasteiger partial charge is 0.398 e. The predicted molar refractivity (Wildman–Crippen MR) is 71.5 cm³/mol. The zero-order valence-electron chi connectivity index (χ0n) is 11.1. The number of benzene rings is 1. The molecule has 0 radical (unpaired) electrons. The second-order valence-corrected chi connectivity index (χ2v) is 4.92. The van der Waals surface area contributed by atoms with Crippen LogP contribution in [0.1, 0.15) is 24.9 Å². The second kappa shape index (κ2) is 4.62. The van der Waals surface area contributed by atoms with Crippen LogP contribution in [0.3, 0.4) is 0 Å². The van der Waals surface area contributed by atoms with Gasteiger partial charge in [-0.05, 0) is 42.3 Å². The molecule has 0 saturated carbocycles. The standard InChI is InChI=1S/C13H17N5O/c1-8-4-3-5-10(14)12(8)13-15-16-17-18(13)11-6-7-19-9(11)2/h3-5,9,11H,6-7,14H2,1-2H3. The first-order valence-corrected chi connectivity index (χ1v) is 6.43. The zero-order valence-corrected chi connectivity index (χ0v) is 11.1. The van der Waals surface area contributed by atoms with Gasteiger partial charge in [0, 0.05) is 17.9 Å². The van der Waals surface area contributed by atoms with Gasteiger partial charge >= 0.3 is 0 Å². The first-order chi connectivity index (χ1) is 9.18. The summed E-state index contributed by atoms with van der Waals surface area (Å²) in [6, 6.07) is 5.99. The third-order valence-electron chi connectivity index (χ3n) is 3.67. The molecule has 1 aliphatic heterocycles. The van der Waals surface area contributed by atoms with E-state index < -0.39 is 0 Å². The van der Waals surface area contributed by atoms with Crippen LogP contribution < -0.4 is 5.73 Å². The van der Waals surface area contributed by atoms with Gasteiger partial charge in [-0.15, -0.1) is 5.10 Å². The Morgan fingerprint density at radius 1 is 1.42 bits per heavy atom. The van der Waals surface area contributed by atoms with Crippen molar-refractivity contribution in [1.82, 2.24) is 20.2 Å². The molecule has 2 heterocycles. The van der Waals surface area contributed by atoms with E-state index in [1.807, 2.05) is 36.7 Å². The van der Waals surface area contributed by atoms with Gasteiger partial charge in [-0.1, -0.05) is 12.1 Å². The van der Waals surface area contributed by atoms with Crippen LogP contribution in [0.4, 0.5) is 5.69 Å². The van der Waals surface area contributed by atoms with Crippen molar-refractivity contribution in [2.24, 2.45) is 0 Å². The van der Waals surface area contributed by atoms with E-state index in [1.54, 1.807) is 0 Å². The van der Waals surface area contributed by atoms with E-state index in [0.29, 0.717) is 5.69 Å². The molecule has 0 spiro atoms. The van der Waals surface area contributed by atoms with Crippen LogP contribution in [0.2, 0.25) is 0 Å². The minimum Gasteiger partial charge on any atom is -0.398 e. The Kier molecular flexibility index (Phi) is 2.94. The molecular weight excluding hydrogens is 242 g/mol. The summed E-state index contributed by atoms with van der Waals surface area (Å²) in [6.45, 7) is 4.80. The van der Waals surface area contributed by atoms with Crippen molar-refractivity contribution in [3.05, 3.63) is 23.8 Å². The van der Waals surface area contributed by atoms with Crippen LogP contribution in [0.25, 0.3) is 11.4 Å². The Bertz CT molecular complexity index is 574. The van der Waals surface area contributed by atoms with E-state index in [2.05, 4.69) is 15.5 Å². The van der Waals surface area contributed by atoms with Gasteiger partial charge in [0.15, 0.2) is 5.82 Å². The van der Waals surface area contributed by atoms with Crippen molar-refractivity contribution in [1.29, 1.82) is 0 Å². The smallest absolute Gasteiger partial charge is 0.184 e. The molecular formula is C13H17N5O. The van der Waals surface area contributed by atoms with E-state index in [-0.39, 0.29) is 12.1 Å². The maximum atomic E-state index is 6.07. The molecule has 3 rings (SSSR count). The van der Waals surface area contributed by atoms with Crippen molar-refractivity contribution in [2.45, 2.75) is 32.4 Å². The minimum absolute atomic E-state index is 0.118. The highest BCUT2D eigenvalue weighted by molar-refractivity contribution is 5.74. The lowest BCUT2D eigenvalue weighted by atomic mass is 10.1. The van der Waals surface area contributed by atoms with E-state index >= 15 is 0 Å². The summed E-state index contributed by atoms with van der Waals surface area (Å²) in [4.78, 5) is 0. The van der Waals surface area contributed by atoms with Crippen LogP contribution in [0.15, 0.2) is 18.2 Å². The maximum Gasteiger partial charge on any atom is 0.184 e. The molecule has 2 N–H and O–H groups in total. The fraction of sp³-hybridized carbons (Fsp3) is 0.462. The summed E-state index contributed by atoms with van der Waals surface area (Å²) < 4.78 is 7.44. The first kappa shape index (κ1) is 12.1. The predicted octanol–water partition coefficient (Wildman–Crippen LogP) is 1.58.